The second kappa shape index (κ2) is 5.93. The van der Waals surface area contributed by atoms with Crippen LogP contribution in [0.15, 0.2) is 24.3 Å². The predicted octanol–water partition coefficient (Wildman–Crippen LogP) is 0.856. The summed E-state index contributed by atoms with van der Waals surface area (Å²) in [5.74, 6) is 0.653. The summed E-state index contributed by atoms with van der Waals surface area (Å²) in [5, 5.41) is 3.31. The van der Waals surface area contributed by atoms with Gasteiger partial charge in [-0.3, -0.25) is 4.79 Å². The molecule has 1 aromatic carbocycles. The van der Waals surface area contributed by atoms with Gasteiger partial charge in [0, 0.05) is 37.4 Å². The van der Waals surface area contributed by atoms with Crippen molar-refractivity contribution in [3.8, 4) is 5.75 Å². The highest BCUT2D eigenvalue weighted by Crippen LogP contribution is 2.17. The number of rotatable bonds is 3. The number of piperazine rings is 1. The number of nitrogens with two attached hydrogens (primary N) is 1. The first kappa shape index (κ1) is 13.7. The van der Waals surface area contributed by atoms with Crippen LogP contribution in [0.1, 0.15) is 13.8 Å². The lowest BCUT2D eigenvalue weighted by Gasteiger charge is -2.33. The van der Waals surface area contributed by atoms with Crippen molar-refractivity contribution in [3.63, 3.8) is 0 Å². The summed E-state index contributed by atoms with van der Waals surface area (Å²) in [6.07, 6.45) is -0.493. The normalized spacial score (nSPS) is 20.9. The van der Waals surface area contributed by atoms with Gasteiger partial charge in [0.15, 0.2) is 6.10 Å². The minimum atomic E-state index is -0.493. The lowest BCUT2D eigenvalue weighted by atomic mass is 10.2. The molecule has 0 bridgehead atoms. The molecule has 0 aromatic heterocycles. The van der Waals surface area contributed by atoms with E-state index < -0.39 is 6.10 Å². The molecule has 3 N–H and O–H groups in total. The molecule has 5 nitrogen and oxygen atoms in total. The van der Waals surface area contributed by atoms with E-state index >= 15 is 0 Å². The van der Waals surface area contributed by atoms with Gasteiger partial charge in [-0.2, -0.15) is 0 Å². The van der Waals surface area contributed by atoms with Gasteiger partial charge in [0.05, 0.1) is 0 Å². The Kier molecular flexibility index (Phi) is 4.27. The molecule has 0 saturated carbocycles. The summed E-state index contributed by atoms with van der Waals surface area (Å²) in [6, 6.07) is 7.47. The molecular formula is C14H21N3O2. The number of hydrogen-bond acceptors (Lipinski definition) is 4. The van der Waals surface area contributed by atoms with Gasteiger partial charge >= 0.3 is 0 Å². The average Bonchev–Trinajstić information content (AvgIpc) is 2.38. The summed E-state index contributed by atoms with van der Waals surface area (Å²) in [5.41, 5.74) is 6.32. The summed E-state index contributed by atoms with van der Waals surface area (Å²) >= 11 is 0. The zero-order valence-electron chi connectivity index (χ0n) is 11.4. The molecule has 2 rings (SSSR count). The van der Waals surface area contributed by atoms with Crippen LogP contribution in [0.25, 0.3) is 0 Å². The molecule has 1 heterocycles. The number of ether oxygens (including phenoxy) is 1. The van der Waals surface area contributed by atoms with Gasteiger partial charge in [0.2, 0.25) is 0 Å². The number of nitrogen functional groups attached to an aromatic ring is 1. The molecule has 19 heavy (non-hydrogen) atoms. The highest BCUT2D eigenvalue weighted by molar-refractivity contribution is 5.81. The Morgan fingerprint density at radius 2 is 2.37 bits per heavy atom. The standard InChI is InChI=1S/C14H21N3O2/c1-10-9-17(7-6-16-10)14(18)11(2)19-13-5-3-4-12(15)8-13/h3-5,8,10-11,16H,6-7,9,15H2,1-2H3/t10-,11+/m0/s1. The van der Waals surface area contributed by atoms with Crippen LogP contribution in [-0.2, 0) is 4.79 Å². The molecule has 0 unspecified atom stereocenters. The first-order valence-corrected chi connectivity index (χ1v) is 6.60. The van der Waals surface area contributed by atoms with Crippen molar-refractivity contribution in [3.05, 3.63) is 24.3 Å². The van der Waals surface area contributed by atoms with E-state index in [1.165, 1.54) is 0 Å². The van der Waals surface area contributed by atoms with Crippen molar-refractivity contribution < 1.29 is 9.53 Å². The van der Waals surface area contributed by atoms with Crippen molar-refractivity contribution in [1.29, 1.82) is 0 Å². The Morgan fingerprint density at radius 3 is 3.05 bits per heavy atom. The quantitative estimate of drug-likeness (QED) is 0.794. The molecule has 5 heteroatoms. The van der Waals surface area contributed by atoms with Crippen molar-refractivity contribution in [2.45, 2.75) is 26.0 Å². The van der Waals surface area contributed by atoms with E-state index in [9.17, 15) is 4.79 Å². The number of anilines is 1. The fourth-order valence-electron chi connectivity index (χ4n) is 2.23. The van der Waals surface area contributed by atoms with Crippen molar-refractivity contribution >= 4 is 11.6 Å². The largest absolute Gasteiger partial charge is 0.481 e. The van der Waals surface area contributed by atoms with Gasteiger partial charge in [-0.15, -0.1) is 0 Å². The molecule has 1 aromatic rings. The second-order valence-electron chi connectivity index (χ2n) is 4.97. The maximum absolute atomic E-state index is 12.3. The number of carbonyl (C=O) groups is 1. The Hall–Kier alpha value is -1.75. The summed E-state index contributed by atoms with van der Waals surface area (Å²) in [4.78, 5) is 14.1. The average molecular weight is 263 g/mol. The monoisotopic (exact) mass is 263 g/mol. The van der Waals surface area contributed by atoms with Gasteiger partial charge in [-0.25, -0.2) is 0 Å². The lowest BCUT2D eigenvalue weighted by molar-refractivity contribution is -0.139. The van der Waals surface area contributed by atoms with Crippen molar-refractivity contribution in [2.24, 2.45) is 0 Å². The van der Waals surface area contributed by atoms with Crippen LogP contribution in [0.3, 0.4) is 0 Å². The minimum absolute atomic E-state index is 0.0239. The smallest absolute Gasteiger partial charge is 0.263 e. The first-order chi connectivity index (χ1) is 9.06. The number of nitrogens with one attached hydrogen (secondary N) is 1. The minimum Gasteiger partial charge on any atom is -0.481 e. The van der Waals surface area contributed by atoms with E-state index in [0.29, 0.717) is 17.5 Å². The van der Waals surface area contributed by atoms with Crippen LogP contribution in [0.5, 0.6) is 5.75 Å². The highest BCUT2D eigenvalue weighted by Gasteiger charge is 2.25. The second-order valence-corrected chi connectivity index (χ2v) is 4.97. The van der Waals surface area contributed by atoms with Crippen LogP contribution >= 0.6 is 0 Å². The maximum Gasteiger partial charge on any atom is 0.263 e. The Bertz CT molecular complexity index is 450. The number of hydrogen-bond donors (Lipinski definition) is 2. The van der Waals surface area contributed by atoms with E-state index in [-0.39, 0.29) is 5.91 Å². The summed E-state index contributed by atoms with van der Waals surface area (Å²) in [6.45, 7) is 6.14. The Balaban J connectivity index is 1.95. The van der Waals surface area contributed by atoms with Crippen molar-refractivity contribution in [1.82, 2.24) is 10.2 Å². The fraction of sp³-hybridized carbons (Fsp3) is 0.500. The lowest BCUT2D eigenvalue weighted by Crippen LogP contribution is -2.54. The molecule has 1 saturated heterocycles. The molecule has 0 spiro atoms. The molecule has 0 aliphatic carbocycles. The molecule has 1 fully saturated rings. The summed E-state index contributed by atoms with van der Waals surface area (Å²) < 4.78 is 5.65. The van der Waals surface area contributed by atoms with Crippen LogP contribution < -0.4 is 15.8 Å². The third kappa shape index (κ3) is 3.61. The summed E-state index contributed by atoms with van der Waals surface area (Å²) in [7, 11) is 0. The maximum atomic E-state index is 12.3. The fourth-order valence-corrected chi connectivity index (χ4v) is 2.23. The number of benzene rings is 1. The van der Waals surface area contributed by atoms with E-state index in [1.807, 2.05) is 11.0 Å². The number of nitrogens with zero attached hydrogens (tertiary/aromatic N) is 1. The first-order valence-electron chi connectivity index (χ1n) is 6.60. The highest BCUT2D eigenvalue weighted by atomic mass is 16.5. The molecule has 0 radical (unpaired) electrons. The number of amides is 1. The predicted molar refractivity (Wildman–Crippen MR) is 75.0 cm³/mol. The SMILES string of the molecule is C[C@H]1CN(C(=O)[C@@H](C)Oc2cccc(N)c2)CCN1. The van der Waals surface area contributed by atoms with E-state index in [0.717, 1.165) is 19.6 Å². The van der Waals surface area contributed by atoms with E-state index in [1.54, 1.807) is 25.1 Å². The van der Waals surface area contributed by atoms with Crippen LogP contribution in [0, 0.1) is 0 Å². The Labute approximate surface area is 113 Å². The van der Waals surface area contributed by atoms with Gasteiger partial charge < -0.3 is 20.7 Å². The third-order valence-electron chi connectivity index (χ3n) is 3.20. The third-order valence-corrected chi connectivity index (χ3v) is 3.20. The molecule has 1 aliphatic heterocycles. The van der Waals surface area contributed by atoms with Crippen LogP contribution in [-0.4, -0.2) is 42.6 Å². The molecular weight excluding hydrogens is 242 g/mol. The van der Waals surface area contributed by atoms with Gasteiger partial charge in [-0.1, -0.05) is 6.07 Å². The Morgan fingerprint density at radius 1 is 1.58 bits per heavy atom. The topological polar surface area (TPSA) is 67.6 Å². The van der Waals surface area contributed by atoms with E-state index in [2.05, 4.69) is 12.2 Å². The van der Waals surface area contributed by atoms with Crippen LogP contribution in [0.2, 0.25) is 0 Å². The molecule has 1 aliphatic rings. The zero-order chi connectivity index (χ0) is 13.8. The zero-order valence-corrected chi connectivity index (χ0v) is 11.4. The van der Waals surface area contributed by atoms with Gasteiger partial charge in [0.1, 0.15) is 5.75 Å². The molecule has 2 atom stereocenters. The molecule has 1 amide bonds. The van der Waals surface area contributed by atoms with E-state index in [4.69, 9.17) is 10.5 Å². The van der Waals surface area contributed by atoms with Gasteiger partial charge in [0.25, 0.3) is 5.91 Å². The number of carbonyl (C=O) groups excluding carboxylic acids is 1. The molecule has 104 valence electrons. The van der Waals surface area contributed by atoms with Crippen LogP contribution in [0.4, 0.5) is 5.69 Å². The van der Waals surface area contributed by atoms with Crippen molar-refractivity contribution in [2.75, 3.05) is 25.4 Å². The van der Waals surface area contributed by atoms with Gasteiger partial charge in [-0.05, 0) is 26.0 Å².